The number of hydrogen-bond donors (Lipinski definition) is 24. The fourth-order valence-electron chi connectivity index (χ4n) is 7.17. The number of oxime groups is 12. The summed E-state index contributed by atoms with van der Waals surface area (Å²) in [5.41, 5.74) is 67.3. The van der Waals surface area contributed by atoms with E-state index in [1.54, 1.807) is 0 Å². The molecule has 0 saturated carbocycles. The average molecular weight is 1400 g/mol. The summed E-state index contributed by atoms with van der Waals surface area (Å²) in [6.07, 6.45) is -8.32. The smallest absolute Gasteiger partial charge is 0.141 e. The molecule has 0 bridgehead atoms. The van der Waals surface area contributed by atoms with Crippen LogP contribution in [0.25, 0.3) is 0 Å². The molecule has 0 aliphatic heterocycles. The van der Waals surface area contributed by atoms with Crippen molar-refractivity contribution in [3.05, 3.63) is 0 Å². The summed E-state index contributed by atoms with van der Waals surface area (Å²) in [7, 11) is 0. The molecule has 0 heterocycles. The lowest BCUT2D eigenvalue weighted by Gasteiger charge is -2.37. The van der Waals surface area contributed by atoms with Crippen LogP contribution in [0, 0.1) is 0 Å². The molecular formula is C48H100N24O24. The third-order valence-corrected chi connectivity index (χ3v) is 12.2. The summed E-state index contributed by atoms with van der Waals surface area (Å²) in [6.45, 7) is -1.61. The first-order valence-electron chi connectivity index (χ1n) is 28.9. The normalized spacial score (nSPS) is 16.5. The predicted molar refractivity (Wildman–Crippen MR) is 338 cm³/mol. The lowest BCUT2D eigenvalue weighted by Crippen LogP contribution is -2.53. The molecule has 0 aliphatic rings. The lowest BCUT2D eigenvalue weighted by molar-refractivity contribution is -0.194. The van der Waals surface area contributed by atoms with Crippen LogP contribution in [0.2, 0.25) is 0 Å². The minimum atomic E-state index is -1.11. The number of nitrogens with two attached hydrogens (primary N) is 12. The molecule has 0 aliphatic carbocycles. The first-order valence-corrected chi connectivity index (χ1v) is 28.9. The molecule has 0 spiro atoms. The molecule has 0 aromatic rings. The van der Waals surface area contributed by atoms with E-state index in [1.807, 2.05) is 0 Å². The van der Waals surface area contributed by atoms with Gasteiger partial charge in [-0.25, -0.2) is 0 Å². The number of hydrogen-bond acceptors (Lipinski definition) is 36. The van der Waals surface area contributed by atoms with Crippen LogP contribution in [0.5, 0.6) is 0 Å². The maximum atomic E-state index is 9.04. The lowest BCUT2D eigenvalue weighted by atomic mass is 10.0. The molecule has 0 fully saturated rings. The quantitative estimate of drug-likeness (QED) is 0.00889. The Morgan fingerprint density at radius 1 is 0.188 bits per heavy atom. The van der Waals surface area contributed by atoms with Gasteiger partial charge >= 0.3 is 0 Å². The molecule has 0 rings (SSSR count). The van der Waals surface area contributed by atoms with Crippen molar-refractivity contribution < 1.29 is 119 Å². The Kier molecular flexibility index (Phi) is 54.0. The zero-order valence-corrected chi connectivity index (χ0v) is 53.0. The number of amidine groups is 12. The van der Waals surface area contributed by atoms with E-state index in [2.05, 4.69) is 61.9 Å². The molecule has 36 N–H and O–H groups in total. The summed E-state index contributed by atoms with van der Waals surface area (Å²) >= 11 is 0. The SMILES string of the molecule is NC(CCOCC(OCCC(N)=NO)C(OCCC(N)=NO)C(OCCC(N)=NO)C(COCC/C(N)=N/O)OCCC(N)=NO)=NO.NC(CCOCC(OCCC(N)=NO)C(OCCC(N)=NO)C(OCCC(N)=NO)C(COCC/C(N)=N/O)OCCC(N)=NO)=NO. The van der Waals surface area contributed by atoms with Crippen LogP contribution in [0.1, 0.15) is 77.0 Å². The Hall–Kier alpha value is -9.24. The molecule has 48 nitrogen and oxygen atoms in total. The summed E-state index contributed by atoms with van der Waals surface area (Å²) in [5, 5.41) is 143. The van der Waals surface area contributed by atoms with Gasteiger partial charge in [0, 0.05) is 77.0 Å². The van der Waals surface area contributed by atoms with Crippen molar-refractivity contribution in [1.29, 1.82) is 0 Å². The molecular weight excluding hydrogens is 1300 g/mol. The zero-order valence-electron chi connectivity index (χ0n) is 53.0. The van der Waals surface area contributed by atoms with Gasteiger partial charge in [-0.15, -0.1) is 0 Å². The fraction of sp³-hybridized carbons (Fsp3) is 0.750. The minimum absolute atomic E-state index is 0.000375. The van der Waals surface area contributed by atoms with Crippen LogP contribution in [0.15, 0.2) is 61.9 Å². The van der Waals surface area contributed by atoms with E-state index >= 15 is 0 Å². The van der Waals surface area contributed by atoms with Gasteiger partial charge in [0.25, 0.3) is 0 Å². The second-order valence-electron chi connectivity index (χ2n) is 19.4. The average Bonchev–Trinajstić information content (AvgIpc) is 1.76. The van der Waals surface area contributed by atoms with Gasteiger partial charge in [-0.05, 0) is 0 Å². The van der Waals surface area contributed by atoms with Crippen LogP contribution < -0.4 is 68.8 Å². The standard InChI is InChI=1S/2C24H50N12O12/c2*25-17(31-37)1-7-43-13-15(45-9-3-19(27)33-39)23(47-11-5-21(29)35-41)24(48-12-6-22(30)36-42)16(46-10-4-20(28)34-40)14-44-8-2-18(26)32-38/h2*15-16,23-24,37-42H,1-14H2,(H2,25,31)(H2,26,32)(H2,27,33)(H2,28,34)(H2,29,35)(H2,30,36). The van der Waals surface area contributed by atoms with Crippen LogP contribution in [0.4, 0.5) is 0 Å². The Morgan fingerprint density at radius 3 is 0.427 bits per heavy atom. The molecule has 0 radical (unpaired) electrons. The topological polar surface area (TPSA) is 814 Å². The Bertz CT molecular complexity index is 2100. The number of nitrogens with zero attached hydrogens (tertiary/aromatic N) is 12. The first-order chi connectivity index (χ1) is 46.1. The molecule has 0 amide bonds. The van der Waals surface area contributed by atoms with Gasteiger partial charge < -0.3 is 188 Å². The second-order valence-corrected chi connectivity index (χ2v) is 19.4. The number of rotatable bonds is 58. The molecule has 8 atom stereocenters. The molecule has 0 saturated heterocycles. The van der Waals surface area contributed by atoms with Crippen molar-refractivity contribution >= 4 is 70.0 Å². The summed E-state index contributed by atoms with van der Waals surface area (Å²) < 4.78 is 72.0. The monoisotopic (exact) mass is 1400 g/mol. The van der Waals surface area contributed by atoms with E-state index < -0.39 is 48.8 Å². The van der Waals surface area contributed by atoms with E-state index in [0.29, 0.717) is 0 Å². The van der Waals surface area contributed by atoms with Crippen LogP contribution in [0.3, 0.4) is 0 Å². The summed E-state index contributed by atoms with van der Waals surface area (Å²) in [6, 6.07) is 0. The van der Waals surface area contributed by atoms with Crippen molar-refractivity contribution in [2.24, 2.45) is 131 Å². The Labute approximate surface area is 550 Å². The van der Waals surface area contributed by atoms with E-state index in [4.69, 9.17) is 188 Å². The van der Waals surface area contributed by atoms with E-state index in [1.165, 1.54) is 0 Å². The highest BCUT2D eigenvalue weighted by Gasteiger charge is 2.41. The first kappa shape index (κ1) is 88.8. The minimum Gasteiger partial charge on any atom is -0.409 e. The van der Waals surface area contributed by atoms with Gasteiger partial charge in [-0.1, -0.05) is 61.9 Å². The van der Waals surface area contributed by atoms with E-state index in [0.717, 1.165) is 0 Å². The van der Waals surface area contributed by atoms with Gasteiger partial charge in [0.1, 0.15) is 119 Å². The van der Waals surface area contributed by atoms with Gasteiger partial charge in [0.2, 0.25) is 0 Å². The summed E-state index contributed by atoms with van der Waals surface area (Å²) in [5.74, 6) is -1.41. The molecule has 8 unspecified atom stereocenters. The third-order valence-electron chi connectivity index (χ3n) is 12.2. The predicted octanol–water partition coefficient (Wildman–Crippen LogP) is -5.24. The van der Waals surface area contributed by atoms with Gasteiger partial charge in [-0.2, -0.15) is 0 Å². The van der Waals surface area contributed by atoms with E-state index in [-0.39, 0.29) is 253 Å². The third kappa shape index (κ3) is 45.2. The molecule has 48 heteroatoms. The van der Waals surface area contributed by atoms with Crippen molar-refractivity contribution in [1.82, 2.24) is 0 Å². The highest BCUT2D eigenvalue weighted by molar-refractivity contribution is 5.83. The van der Waals surface area contributed by atoms with Gasteiger partial charge in [0.15, 0.2) is 0 Å². The summed E-state index contributed by atoms with van der Waals surface area (Å²) in [4.78, 5) is 0. The second kappa shape index (κ2) is 58.3. The fourth-order valence-corrected chi connectivity index (χ4v) is 7.17. The Morgan fingerprint density at radius 2 is 0.302 bits per heavy atom. The van der Waals surface area contributed by atoms with Gasteiger partial charge in [0.05, 0.1) is 106 Å². The highest BCUT2D eigenvalue weighted by Crippen LogP contribution is 2.23. The van der Waals surface area contributed by atoms with Crippen LogP contribution in [-0.4, -0.2) is 287 Å². The van der Waals surface area contributed by atoms with Crippen molar-refractivity contribution in [3.8, 4) is 0 Å². The van der Waals surface area contributed by atoms with Gasteiger partial charge in [-0.3, -0.25) is 0 Å². The largest absolute Gasteiger partial charge is 0.409 e. The highest BCUT2D eigenvalue weighted by atomic mass is 16.6. The van der Waals surface area contributed by atoms with Crippen LogP contribution >= 0.6 is 0 Å². The zero-order chi connectivity index (χ0) is 72.3. The van der Waals surface area contributed by atoms with Crippen molar-refractivity contribution in [2.45, 2.75) is 126 Å². The Balaban J connectivity index is 0. The molecule has 0 aromatic carbocycles. The van der Waals surface area contributed by atoms with Crippen LogP contribution in [-0.2, 0) is 56.8 Å². The van der Waals surface area contributed by atoms with Crippen molar-refractivity contribution in [2.75, 3.05) is 106 Å². The molecule has 96 heavy (non-hydrogen) atoms. The maximum Gasteiger partial charge on any atom is 0.141 e. The van der Waals surface area contributed by atoms with Crippen molar-refractivity contribution in [3.63, 3.8) is 0 Å². The van der Waals surface area contributed by atoms with E-state index in [9.17, 15) is 0 Å². The molecule has 0 aromatic heterocycles. The molecule has 556 valence electrons. The number of ether oxygens (including phenoxy) is 12. The maximum absolute atomic E-state index is 9.04.